The van der Waals surface area contributed by atoms with E-state index in [0.29, 0.717) is 49.7 Å². The molecule has 6 aliphatic rings. The van der Waals surface area contributed by atoms with Crippen molar-refractivity contribution in [1.82, 2.24) is 25.3 Å². The Bertz CT molecular complexity index is 1390. The van der Waals surface area contributed by atoms with Crippen LogP contribution in [0.2, 0.25) is 0 Å². The van der Waals surface area contributed by atoms with Crippen molar-refractivity contribution in [2.75, 3.05) is 58.3 Å². The minimum atomic E-state index is -0.329. The maximum absolute atomic E-state index is 13.0. The van der Waals surface area contributed by atoms with Gasteiger partial charge in [-0.3, -0.25) is 20.3 Å². The Hall–Kier alpha value is -2.68. The zero-order chi connectivity index (χ0) is 34.2. The number of rotatable bonds is 7. The monoisotopic (exact) mass is 673 g/mol. The molecule has 1 spiro atoms. The summed E-state index contributed by atoms with van der Waals surface area (Å²) in [5.41, 5.74) is 2.14. The topological polar surface area (TPSA) is 107 Å². The van der Waals surface area contributed by atoms with Crippen LogP contribution in [-0.2, 0) is 14.9 Å². The van der Waals surface area contributed by atoms with Crippen molar-refractivity contribution in [2.45, 2.75) is 119 Å². The minimum Gasteiger partial charge on any atom is -0.508 e. The zero-order valence-corrected chi connectivity index (χ0v) is 29.9. The van der Waals surface area contributed by atoms with Gasteiger partial charge in [0.25, 0.3) is 0 Å². The van der Waals surface area contributed by atoms with Crippen molar-refractivity contribution in [2.24, 2.45) is 11.8 Å². The average molecular weight is 674 g/mol. The van der Waals surface area contributed by atoms with Gasteiger partial charge in [0.05, 0.1) is 30.8 Å². The molecule has 2 aliphatic carbocycles. The molecule has 1 aromatic rings. The molecule has 1 aromatic carbocycles. The number of piperazine rings is 1. The number of carbonyl (C=O) groups excluding carboxylic acids is 1. The molecule has 3 saturated heterocycles. The second kappa shape index (κ2) is 14.5. The van der Waals surface area contributed by atoms with E-state index in [1.165, 1.54) is 68.7 Å². The number of hydrogen-bond acceptors (Lipinski definition) is 9. The predicted octanol–water partition coefficient (Wildman–Crippen LogP) is 4.50. The Morgan fingerprint density at radius 3 is 2.61 bits per heavy atom. The van der Waals surface area contributed by atoms with E-state index in [-0.39, 0.29) is 35.4 Å². The van der Waals surface area contributed by atoms with E-state index in [0.717, 1.165) is 45.3 Å². The fraction of sp³-hybridized carbons (Fsp3) is 0.744. The number of nitrogens with zero attached hydrogens (tertiary/aromatic N) is 5. The van der Waals surface area contributed by atoms with Gasteiger partial charge < -0.3 is 24.5 Å². The van der Waals surface area contributed by atoms with E-state index in [9.17, 15) is 15.2 Å². The number of hydrogen-bond donors (Lipinski definition) is 3. The highest BCUT2D eigenvalue weighted by atomic mass is 16.5. The van der Waals surface area contributed by atoms with Gasteiger partial charge in [-0.25, -0.2) is 0 Å². The summed E-state index contributed by atoms with van der Waals surface area (Å²) in [4.78, 5) is 22.4. The largest absolute Gasteiger partial charge is 0.508 e. The quantitative estimate of drug-likeness (QED) is 0.361. The van der Waals surface area contributed by atoms with Crippen LogP contribution in [-0.4, -0.2) is 109 Å². The van der Waals surface area contributed by atoms with E-state index >= 15 is 0 Å². The Morgan fingerprint density at radius 2 is 1.88 bits per heavy atom. The molecule has 7 atom stereocenters. The maximum Gasteiger partial charge on any atom is 0.246 e. The number of nitrogens with one attached hydrogen (secondary N) is 2. The molecule has 0 aromatic heterocycles. The molecule has 4 aliphatic heterocycles. The van der Waals surface area contributed by atoms with Gasteiger partial charge in [-0.15, -0.1) is 0 Å². The fourth-order valence-electron chi connectivity index (χ4n) is 11.1. The summed E-state index contributed by atoms with van der Waals surface area (Å²) in [6.45, 7) is 8.56. The van der Waals surface area contributed by atoms with Crippen LogP contribution in [0.3, 0.4) is 0 Å². The number of phenolic OH excluding ortho intramolecular Hbond substituents is 1. The molecule has 2 saturated carbocycles. The molecule has 10 nitrogen and oxygen atoms in total. The van der Waals surface area contributed by atoms with Crippen LogP contribution in [0.5, 0.6) is 5.75 Å². The fourth-order valence-corrected chi connectivity index (χ4v) is 11.1. The summed E-state index contributed by atoms with van der Waals surface area (Å²) >= 11 is 0. The number of phenols is 1. The molecule has 4 unspecified atom stereocenters. The number of benzene rings is 1. The molecule has 3 N–H and O–H groups in total. The summed E-state index contributed by atoms with van der Waals surface area (Å²) in [6.07, 6.45) is 15.6. The molecule has 10 heteroatoms. The highest BCUT2D eigenvalue weighted by Gasteiger charge is 2.61. The number of likely N-dealkylation sites (N-methyl/N-ethyl adjacent to an activating group) is 2. The van der Waals surface area contributed by atoms with Gasteiger partial charge >= 0.3 is 0 Å². The molecule has 0 bridgehead atoms. The molecular weight excluding hydrogens is 614 g/mol. The van der Waals surface area contributed by atoms with Crippen molar-refractivity contribution >= 4 is 11.6 Å². The van der Waals surface area contributed by atoms with E-state index in [1.54, 1.807) is 0 Å². The first kappa shape index (κ1) is 34.8. The highest BCUT2D eigenvalue weighted by molar-refractivity contribution is 5.87. The van der Waals surface area contributed by atoms with Crippen LogP contribution in [0, 0.1) is 23.2 Å². The van der Waals surface area contributed by atoms with Crippen LogP contribution < -0.4 is 15.5 Å². The lowest BCUT2D eigenvalue weighted by molar-refractivity contribution is -0.183. The van der Waals surface area contributed by atoms with Gasteiger partial charge in [0, 0.05) is 62.3 Å². The molecule has 49 heavy (non-hydrogen) atoms. The first-order valence-electron chi connectivity index (χ1n) is 19.2. The number of fused-ring (bicyclic) bond motifs is 3. The standard InChI is InChI=1S/C39H59N7O3/c1-4-36(48)46-22-21-45(25-29(46)17-19-40)39(28-11-8-6-5-7-9-12-28)32-16-18-38(27-44(3)35-15-14-31(47)23-33(35)38)24-34(32)41-37(42-39)49-26-30-13-10-20-43(30)2/h4,14-15,23,28-30,32,34,37,41-42,47H,1,5-13,16-18,20-22,24-27H2,2-3H3/t29-,30-,32?,34?,37?,38+,39?/m0/s1. The first-order chi connectivity index (χ1) is 23.8. The third-order valence-corrected chi connectivity index (χ3v) is 13.5. The smallest absolute Gasteiger partial charge is 0.246 e. The number of likely N-dealkylation sites (tertiary alicyclic amines) is 1. The van der Waals surface area contributed by atoms with Crippen molar-refractivity contribution in [1.29, 1.82) is 5.26 Å². The van der Waals surface area contributed by atoms with Gasteiger partial charge in [0.2, 0.25) is 5.91 Å². The summed E-state index contributed by atoms with van der Waals surface area (Å²) in [7, 11) is 4.40. The summed E-state index contributed by atoms with van der Waals surface area (Å²) < 4.78 is 6.92. The van der Waals surface area contributed by atoms with E-state index in [1.807, 2.05) is 17.0 Å². The third kappa shape index (κ3) is 6.51. The molecule has 1 amide bonds. The highest BCUT2D eigenvalue weighted by Crippen LogP contribution is 2.55. The van der Waals surface area contributed by atoms with Crippen LogP contribution >= 0.6 is 0 Å². The summed E-state index contributed by atoms with van der Waals surface area (Å²) in [5, 5.41) is 28.9. The van der Waals surface area contributed by atoms with Crippen molar-refractivity contribution < 1.29 is 14.6 Å². The zero-order valence-electron chi connectivity index (χ0n) is 29.9. The van der Waals surface area contributed by atoms with E-state index in [4.69, 9.17) is 4.74 Å². The van der Waals surface area contributed by atoms with Crippen molar-refractivity contribution in [3.8, 4) is 11.8 Å². The van der Waals surface area contributed by atoms with Crippen LogP contribution in [0.15, 0.2) is 30.9 Å². The lowest BCUT2D eigenvalue weighted by Gasteiger charge is -2.64. The number of aromatic hydroxyl groups is 1. The number of anilines is 1. The Kier molecular flexibility index (Phi) is 10.3. The van der Waals surface area contributed by atoms with Gasteiger partial charge in [-0.05, 0) is 94.3 Å². The Balaban J connectivity index is 1.28. The van der Waals surface area contributed by atoms with Crippen LogP contribution in [0.1, 0.15) is 89.0 Å². The second-order valence-corrected chi connectivity index (χ2v) is 16.2. The first-order valence-corrected chi connectivity index (χ1v) is 19.2. The molecule has 5 fully saturated rings. The third-order valence-electron chi connectivity index (χ3n) is 13.5. The second-order valence-electron chi connectivity index (χ2n) is 16.2. The van der Waals surface area contributed by atoms with Crippen molar-refractivity contribution in [3.05, 3.63) is 36.4 Å². The van der Waals surface area contributed by atoms with Gasteiger partial charge in [0.15, 0.2) is 6.35 Å². The van der Waals surface area contributed by atoms with Gasteiger partial charge in [-0.1, -0.05) is 38.7 Å². The minimum absolute atomic E-state index is 0.0460. The maximum atomic E-state index is 13.0. The van der Waals surface area contributed by atoms with E-state index in [2.05, 4.69) is 58.1 Å². The average Bonchev–Trinajstić information content (AvgIpc) is 3.61. The normalized spacial score (nSPS) is 36.1. The van der Waals surface area contributed by atoms with Crippen LogP contribution in [0.4, 0.5) is 5.69 Å². The summed E-state index contributed by atoms with van der Waals surface area (Å²) in [5.74, 6) is 1.02. The Labute approximate surface area is 293 Å². The van der Waals surface area contributed by atoms with E-state index < -0.39 is 0 Å². The lowest BCUT2D eigenvalue weighted by Crippen LogP contribution is -2.81. The van der Waals surface area contributed by atoms with Crippen molar-refractivity contribution in [3.63, 3.8) is 0 Å². The van der Waals surface area contributed by atoms with Gasteiger partial charge in [0.1, 0.15) is 5.75 Å². The number of carbonyl (C=O) groups is 1. The molecule has 7 rings (SSSR count). The Morgan fingerprint density at radius 1 is 1.08 bits per heavy atom. The lowest BCUT2D eigenvalue weighted by atomic mass is 9.59. The summed E-state index contributed by atoms with van der Waals surface area (Å²) in [6, 6.07) is 8.79. The molecular formula is C39H59N7O3. The molecule has 4 heterocycles. The number of ether oxygens (including phenoxy) is 1. The van der Waals surface area contributed by atoms with Crippen LogP contribution in [0.25, 0.3) is 0 Å². The molecule has 0 radical (unpaired) electrons. The SMILES string of the molecule is C=CC(=O)N1CCN(C2(C3CCCCCCC3)NC(OC[C@@H]3CCCN3C)NC3C[C@]4(CCC32)CN(C)c2ccc(O)cc24)C[C@@H]1CC#N. The number of amides is 1. The predicted molar refractivity (Wildman–Crippen MR) is 192 cm³/mol. The number of nitriles is 1. The molecule has 268 valence electrons. The van der Waals surface area contributed by atoms with Gasteiger partial charge in [-0.2, -0.15) is 5.26 Å².